The number of benzene rings is 1. The number of halogens is 1. The zero-order valence-electron chi connectivity index (χ0n) is 17.8. The Morgan fingerprint density at radius 2 is 1.81 bits per heavy atom. The van der Waals surface area contributed by atoms with Gasteiger partial charge in [-0.1, -0.05) is 12.1 Å². The lowest BCUT2D eigenvalue weighted by Crippen LogP contribution is -2.44. The molecule has 27 heavy (non-hydrogen) atoms. The molecule has 1 aromatic carbocycles. The van der Waals surface area contributed by atoms with Crippen molar-refractivity contribution in [2.75, 3.05) is 47.8 Å². The minimum absolute atomic E-state index is 0. The molecule has 0 radical (unpaired) electrons. The first kappa shape index (κ1) is 25.6. The predicted molar refractivity (Wildman–Crippen MR) is 125 cm³/mol. The molecule has 0 fully saturated rings. The molecule has 0 aliphatic rings. The van der Waals surface area contributed by atoms with E-state index < -0.39 is 0 Å². The van der Waals surface area contributed by atoms with E-state index in [1.54, 1.807) is 19.0 Å². The van der Waals surface area contributed by atoms with E-state index >= 15 is 0 Å². The number of hydrogen-bond acceptors (Lipinski definition) is 3. The van der Waals surface area contributed by atoms with Crippen LogP contribution in [0.4, 0.5) is 0 Å². The van der Waals surface area contributed by atoms with E-state index in [1.165, 1.54) is 0 Å². The van der Waals surface area contributed by atoms with Crippen molar-refractivity contribution in [3.63, 3.8) is 0 Å². The molecule has 1 amide bonds. The second-order valence-corrected chi connectivity index (χ2v) is 7.48. The number of rotatable bonds is 8. The van der Waals surface area contributed by atoms with Gasteiger partial charge >= 0.3 is 0 Å². The van der Waals surface area contributed by atoms with Crippen LogP contribution in [-0.2, 0) is 6.42 Å². The summed E-state index contributed by atoms with van der Waals surface area (Å²) in [5, 5.41) is 6.66. The molecule has 0 aliphatic heterocycles. The predicted octanol–water partition coefficient (Wildman–Crippen LogP) is 2.44. The minimum atomic E-state index is 0. The molecular weight excluding hydrogens is 453 g/mol. The third-order valence-electron chi connectivity index (χ3n) is 4.47. The first-order valence-corrected chi connectivity index (χ1v) is 9.17. The van der Waals surface area contributed by atoms with Gasteiger partial charge in [-0.3, -0.25) is 9.79 Å². The summed E-state index contributed by atoms with van der Waals surface area (Å²) in [6.45, 7) is 8.70. The maximum atomic E-state index is 12.1. The fraction of sp³-hybridized carbons (Fsp3) is 0.600. The van der Waals surface area contributed by atoms with Crippen LogP contribution >= 0.6 is 24.0 Å². The third kappa shape index (κ3) is 8.92. The Hall–Kier alpha value is -1.35. The lowest BCUT2D eigenvalue weighted by atomic mass is 10.1. The van der Waals surface area contributed by atoms with Crippen LogP contribution in [0.1, 0.15) is 36.7 Å². The number of hydrogen-bond donors (Lipinski definition) is 2. The van der Waals surface area contributed by atoms with Gasteiger partial charge in [0.1, 0.15) is 0 Å². The number of likely N-dealkylation sites (N-methyl/N-ethyl adjacent to an activating group) is 1. The summed E-state index contributed by atoms with van der Waals surface area (Å²) in [4.78, 5) is 20.5. The fourth-order valence-corrected chi connectivity index (χ4v) is 2.20. The molecule has 0 unspecified atom stereocenters. The SMILES string of the molecule is CCNC(=NCC(C)(C)N(C)C)NCCc1cccc(C(=O)N(C)C)c1.I. The van der Waals surface area contributed by atoms with E-state index in [4.69, 9.17) is 4.99 Å². The molecule has 2 N–H and O–H groups in total. The van der Waals surface area contributed by atoms with Crippen molar-refractivity contribution in [1.82, 2.24) is 20.4 Å². The maximum absolute atomic E-state index is 12.1. The Balaban J connectivity index is 0.00000676. The highest BCUT2D eigenvalue weighted by Gasteiger charge is 2.19. The second kappa shape index (κ2) is 12.2. The molecule has 7 heteroatoms. The molecule has 0 heterocycles. The van der Waals surface area contributed by atoms with Gasteiger partial charge in [0.15, 0.2) is 5.96 Å². The summed E-state index contributed by atoms with van der Waals surface area (Å²) in [6.07, 6.45) is 0.829. The van der Waals surface area contributed by atoms with Crippen LogP contribution in [0, 0.1) is 0 Å². The highest BCUT2D eigenvalue weighted by atomic mass is 127. The molecular formula is C20H36IN5O. The number of nitrogens with one attached hydrogen (secondary N) is 2. The molecule has 0 aliphatic carbocycles. The van der Waals surface area contributed by atoms with Gasteiger partial charge in [0.05, 0.1) is 6.54 Å². The number of carbonyl (C=O) groups excluding carboxylic acids is 1. The molecule has 0 spiro atoms. The molecule has 0 bridgehead atoms. The summed E-state index contributed by atoms with van der Waals surface area (Å²) < 4.78 is 0. The average molecular weight is 489 g/mol. The highest BCUT2D eigenvalue weighted by molar-refractivity contribution is 14.0. The molecule has 6 nitrogen and oxygen atoms in total. The number of amides is 1. The van der Waals surface area contributed by atoms with Crippen molar-refractivity contribution in [2.45, 2.75) is 32.7 Å². The zero-order valence-corrected chi connectivity index (χ0v) is 20.1. The van der Waals surface area contributed by atoms with E-state index in [9.17, 15) is 4.79 Å². The van der Waals surface area contributed by atoms with Gasteiger partial charge in [-0.15, -0.1) is 24.0 Å². The second-order valence-electron chi connectivity index (χ2n) is 7.48. The standard InChI is InChI=1S/C20H35N5O.HI/c1-8-21-19(23-15-20(2,3)25(6)7)22-13-12-16-10-9-11-17(14-16)18(26)24(4)5;/h9-11,14H,8,12-13,15H2,1-7H3,(H2,21,22,23);1H. The molecule has 0 saturated heterocycles. The van der Waals surface area contributed by atoms with Gasteiger partial charge in [-0.05, 0) is 59.0 Å². The summed E-state index contributed by atoms with van der Waals surface area (Å²) in [6, 6.07) is 7.80. The van der Waals surface area contributed by atoms with Gasteiger partial charge in [-0.2, -0.15) is 0 Å². The quantitative estimate of drug-likeness (QED) is 0.335. The van der Waals surface area contributed by atoms with Gasteiger partial charge in [0.25, 0.3) is 5.91 Å². The number of carbonyl (C=O) groups is 1. The Kier molecular flexibility index (Phi) is 11.6. The number of guanidine groups is 1. The van der Waals surface area contributed by atoms with Crippen LogP contribution in [-0.4, -0.2) is 75.0 Å². The Bertz CT molecular complexity index is 614. The number of aliphatic imine (C=N–C) groups is 1. The Morgan fingerprint density at radius 1 is 1.15 bits per heavy atom. The van der Waals surface area contributed by atoms with E-state index in [1.807, 2.05) is 24.3 Å². The van der Waals surface area contributed by atoms with Crippen molar-refractivity contribution in [1.29, 1.82) is 0 Å². The molecule has 1 rings (SSSR count). The smallest absolute Gasteiger partial charge is 0.253 e. The summed E-state index contributed by atoms with van der Waals surface area (Å²) in [5.74, 6) is 0.851. The van der Waals surface area contributed by atoms with Gasteiger partial charge in [-0.25, -0.2) is 0 Å². The third-order valence-corrected chi connectivity index (χ3v) is 4.47. The average Bonchev–Trinajstić information content (AvgIpc) is 2.59. The van der Waals surface area contributed by atoms with E-state index in [0.29, 0.717) is 6.54 Å². The number of nitrogens with zero attached hydrogens (tertiary/aromatic N) is 3. The lowest BCUT2D eigenvalue weighted by Gasteiger charge is -2.31. The molecule has 0 atom stereocenters. The molecule has 0 aromatic heterocycles. The van der Waals surface area contributed by atoms with Crippen molar-refractivity contribution in [2.24, 2.45) is 4.99 Å². The van der Waals surface area contributed by atoms with Crippen molar-refractivity contribution >= 4 is 35.8 Å². The first-order chi connectivity index (χ1) is 12.2. The normalized spacial score (nSPS) is 11.8. The van der Waals surface area contributed by atoms with E-state index in [-0.39, 0.29) is 35.4 Å². The van der Waals surface area contributed by atoms with E-state index in [0.717, 1.165) is 36.6 Å². The zero-order chi connectivity index (χ0) is 19.7. The molecule has 1 aromatic rings. The van der Waals surface area contributed by atoms with Crippen LogP contribution in [0.3, 0.4) is 0 Å². The van der Waals surface area contributed by atoms with Gasteiger partial charge in [0.2, 0.25) is 0 Å². The summed E-state index contributed by atoms with van der Waals surface area (Å²) in [7, 11) is 7.67. The van der Waals surface area contributed by atoms with Crippen LogP contribution in [0.2, 0.25) is 0 Å². The van der Waals surface area contributed by atoms with Crippen LogP contribution in [0.15, 0.2) is 29.3 Å². The maximum Gasteiger partial charge on any atom is 0.253 e. The van der Waals surface area contributed by atoms with E-state index in [2.05, 4.69) is 50.4 Å². The first-order valence-electron chi connectivity index (χ1n) is 9.17. The van der Waals surface area contributed by atoms with Crippen LogP contribution < -0.4 is 10.6 Å². The minimum Gasteiger partial charge on any atom is -0.357 e. The largest absolute Gasteiger partial charge is 0.357 e. The highest BCUT2D eigenvalue weighted by Crippen LogP contribution is 2.10. The van der Waals surface area contributed by atoms with Crippen LogP contribution in [0.25, 0.3) is 0 Å². The van der Waals surface area contributed by atoms with Crippen molar-refractivity contribution < 1.29 is 4.79 Å². The van der Waals surface area contributed by atoms with Crippen LogP contribution in [0.5, 0.6) is 0 Å². The molecule has 154 valence electrons. The monoisotopic (exact) mass is 489 g/mol. The summed E-state index contributed by atoms with van der Waals surface area (Å²) in [5.41, 5.74) is 1.86. The molecule has 0 saturated carbocycles. The van der Waals surface area contributed by atoms with Crippen molar-refractivity contribution in [3.8, 4) is 0 Å². The Morgan fingerprint density at radius 3 is 2.37 bits per heavy atom. The van der Waals surface area contributed by atoms with Crippen molar-refractivity contribution in [3.05, 3.63) is 35.4 Å². The van der Waals surface area contributed by atoms with Gasteiger partial charge < -0.3 is 20.4 Å². The topological polar surface area (TPSA) is 60.0 Å². The van der Waals surface area contributed by atoms with Gasteiger partial charge in [0, 0.05) is 38.3 Å². The lowest BCUT2D eigenvalue weighted by molar-refractivity contribution is 0.0827. The summed E-state index contributed by atoms with van der Waals surface area (Å²) >= 11 is 0. The fourth-order valence-electron chi connectivity index (χ4n) is 2.20. The Labute approximate surface area is 181 Å².